The van der Waals surface area contributed by atoms with Crippen molar-refractivity contribution in [2.75, 3.05) is 0 Å². The Balaban J connectivity index is 2.98. The van der Waals surface area contributed by atoms with Crippen molar-refractivity contribution < 1.29 is 9.53 Å². The fourth-order valence-electron chi connectivity index (χ4n) is 1.59. The minimum Gasteiger partial charge on any atom is -0.413 e. The summed E-state index contributed by atoms with van der Waals surface area (Å²) in [5, 5.41) is 10.8. The quantitative estimate of drug-likeness (QED) is 0.607. The van der Waals surface area contributed by atoms with Crippen LogP contribution in [0, 0.1) is 0 Å². The van der Waals surface area contributed by atoms with Gasteiger partial charge < -0.3 is 9.53 Å². The average molecular weight is 313 g/mol. The van der Waals surface area contributed by atoms with E-state index in [9.17, 15) is 5.11 Å². The zero-order valence-corrected chi connectivity index (χ0v) is 14.8. The maximum Gasteiger partial charge on any atom is 0.192 e. The molecule has 0 saturated heterocycles. The van der Waals surface area contributed by atoms with Crippen LogP contribution in [0.1, 0.15) is 38.0 Å². The van der Waals surface area contributed by atoms with Gasteiger partial charge in [0.2, 0.25) is 0 Å². The Labute approximate surface area is 128 Å². The number of aliphatic hydroxyl groups excluding tert-OH is 1. The maximum absolute atomic E-state index is 9.98. The topological polar surface area (TPSA) is 29.5 Å². The van der Waals surface area contributed by atoms with Crippen LogP contribution in [0.25, 0.3) is 0 Å². The molecule has 1 aromatic carbocycles. The Kier molecular flexibility index (Phi) is 5.61. The highest BCUT2D eigenvalue weighted by molar-refractivity contribution is 6.74. The first-order valence-electron chi connectivity index (χ1n) is 6.81. The molecule has 0 fully saturated rings. The van der Waals surface area contributed by atoms with Crippen LogP contribution in [-0.2, 0) is 11.0 Å². The van der Waals surface area contributed by atoms with Gasteiger partial charge in [-0.1, -0.05) is 44.5 Å². The van der Waals surface area contributed by atoms with Gasteiger partial charge in [-0.15, -0.1) is 6.58 Å². The smallest absolute Gasteiger partial charge is 0.192 e. The molecular formula is C16H25ClO2Si. The second-order valence-electron chi connectivity index (χ2n) is 6.57. The summed E-state index contributed by atoms with van der Waals surface area (Å²) < 4.78 is 6.21. The molecule has 1 rings (SSSR count). The van der Waals surface area contributed by atoms with Gasteiger partial charge in [-0.25, -0.2) is 0 Å². The Morgan fingerprint density at radius 1 is 1.40 bits per heavy atom. The molecule has 1 aromatic rings. The summed E-state index contributed by atoms with van der Waals surface area (Å²) in [5.41, 5.74) is 1.73. The second kappa shape index (κ2) is 6.44. The van der Waals surface area contributed by atoms with Gasteiger partial charge in [-0.2, -0.15) is 0 Å². The molecule has 1 N–H and O–H groups in total. The molecule has 0 saturated carbocycles. The summed E-state index contributed by atoms with van der Waals surface area (Å²) in [4.78, 5) is 0. The first kappa shape index (κ1) is 17.4. The lowest BCUT2D eigenvalue weighted by Crippen LogP contribution is -2.40. The zero-order valence-electron chi connectivity index (χ0n) is 13.0. The average Bonchev–Trinajstić information content (AvgIpc) is 2.34. The monoisotopic (exact) mass is 312 g/mol. The van der Waals surface area contributed by atoms with E-state index in [2.05, 4.69) is 40.4 Å². The summed E-state index contributed by atoms with van der Waals surface area (Å²) in [5.74, 6) is 0. The molecular weight excluding hydrogens is 288 g/mol. The summed E-state index contributed by atoms with van der Waals surface area (Å²) in [6, 6.07) is 5.47. The summed E-state index contributed by atoms with van der Waals surface area (Å²) in [6.07, 6.45) is 0.823. The predicted octanol–water partition coefficient (Wildman–Crippen LogP) is 5.08. The molecule has 20 heavy (non-hydrogen) atoms. The number of aliphatic hydroxyl groups is 1. The van der Waals surface area contributed by atoms with Crippen molar-refractivity contribution in [3.63, 3.8) is 0 Å². The highest BCUT2D eigenvalue weighted by Crippen LogP contribution is 2.37. The molecule has 1 atom stereocenters. The van der Waals surface area contributed by atoms with E-state index in [0.29, 0.717) is 11.6 Å². The van der Waals surface area contributed by atoms with E-state index >= 15 is 0 Å². The van der Waals surface area contributed by atoms with Crippen molar-refractivity contribution in [2.45, 2.75) is 51.6 Å². The Bertz CT molecular complexity index is 478. The lowest BCUT2D eigenvalue weighted by atomic mass is 10.0. The van der Waals surface area contributed by atoms with Crippen LogP contribution in [0.4, 0.5) is 0 Å². The molecule has 0 aromatic heterocycles. The number of benzene rings is 1. The highest BCUT2D eigenvalue weighted by Gasteiger charge is 2.37. The van der Waals surface area contributed by atoms with Crippen LogP contribution < -0.4 is 0 Å². The van der Waals surface area contributed by atoms with Crippen LogP contribution in [0.2, 0.25) is 23.2 Å². The molecule has 0 heterocycles. The molecule has 0 aliphatic carbocycles. The number of rotatable bonds is 5. The largest absolute Gasteiger partial charge is 0.413 e. The van der Waals surface area contributed by atoms with Gasteiger partial charge in [0.1, 0.15) is 0 Å². The summed E-state index contributed by atoms with van der Waals surface area (Å²) in [6.45, 7) is 15.1. The maximum atomic E-state index is 9.98. The van der Waals surface area contributed by atoms with Gasteiger partial charge in [-0.3, -0.25) is 0 Å². The van der Waals surface area contributed by atoms with E-state index in [1.54, 1.807) is 6.07 Å². The predicted molar refractivity (Wildman–Crippen MR) is 88.6 cm³/mol. The minimum atomic E-state index is -1.82. The molecule has 4 heteroatoms. The van der Waals surface area contributed by atoms with Gasteiger partial charge in [0.05, 0.1) is 12.7 Å². The Morgan fingerprint density at radius 3 is 2.50 bits per heavy atom. The van der Waals surface area contributed by atoms with Crippen molar-refractivity contribution in [3.8, 4) is 0 Å². The molecule has 0 aliphatic rings. The van der Waals surface area contributed by atoms with Crippen LogP contribution >= 0.6 is 11.6 Å². The van der Waals surface area contributed by atoms with E-state index in [-0.39, 0.29) is 5.04 Å². The number of hydrogen-bond acceptors (Lipinski definition) is 2. The molecule has 0 amide bonds. The van der Waals surface area contributed by atoms with E-state index in [1.807, 2.05) is 12.1 Å². The van der Waals surface area contributed by atoms with Crippen LogP contribution in [0.15, 0.2) is 30.9 Å². The SMILES string of the molecule is C=CC(O)c1ccc(Cl)cc1CO[Si](C)(C)C(C)(C)C. The van der Waals surface area contributed by atoms with Crippen molar-refractivity contribution in [3.05, 3.63) is 47.0 Å². The van der Waals surface area contributed by atoms with E-state index in [4.69, 9.17) is 16.0 Å². The van der Waals surface area contributed by atoms with Crippen molar-refractivity contribution in [1.29, 1.82) is 0 Å². The van der Waals surface area contributed by atoms with Crippen molar-refractivity contribution in [2.24, 2.45) is 0 Å². The van der Waals surface area contributed by atoms with Crippen molar-refractivity contribution in [1.82, 2.24) is 0 Å². The molecule has 2 nitrogen and oxygen atoms in total. The van der Waals surface area contributed by atoms with Crippen molar-refractivity contribution >= 4 is 19.9 Å². The minimum absolute atomic E-state index is 0.156. The standard InChI is InChI=1S/C16H25ClO2Si/c1-7-15(18)14-9-8-13(17)10-12(14)11-19-20(5,6)16(2,3)4/h7-10,15,18H,1,11H2,2-6H3. The molecule has 0 radical (unpaired) electrons. The zero-order chi connectivity index (χ0) is 15.6. The second-order valence-corrected chi connectivity index (χ2v) is 11.8. The van der Waals surface area contributed by atoms with Gasteiger partial charge in [0, 0.05) is 5.02 Å². The third-order valence-electron chi connectivity index (χ3n) is 4.04. The molecule has 1 unspecified atom stereocenters. The highest BCUT2D eigenvalue weighted by atomic mass is 35.5. The van der Waals surface area contributed by atoms with Crippen LogP contribution in [0.5, 0.6) is 0 Å². The number of hydrogen-bond donors (Lipinski definition) is 1. The van der Waals surface area contributed by atoms with E-state index < -0.39 is 14.4 Å². The van der Waals surface area contributed by atoms with E-state index in [0.717, 1.165) is 11.1 Å². The fraction of sp³-hybridized carbons (Fsp3) is 0.500. The molecule has 0 spiro atoms. The van der Waals surface area contributed by atoms with Crippen LogP contribution in [0.3, 0.4) is 0 Å². The van der Waals surface area contributed by atoms with Gasteiger partial charge >= 0.3 is 0 Å². The third-order valence-corrected chi connectivity index (χ3v) is 8.76. The molecule has 112 valence electrons. The Morgan fingerprint density at radius 2 is 2.00 bits per heavy atom. The summed E-state index contributed by atoms with van der Waals surface area (Å²) >= 11 is 6.05. The number of halogens is 1. The summed E-state index contributed by atoms with van der Waals surface area (Å²) in [7, 11) is -1.82. The lowest BCUT2D eigenvalue weighted by molar-refractivity contribution is 0.221. The first-order chi connectivity index (χ1) is 9.08. The van der Waals surface area contributed by atoms with Gasteiger partial charge in [0.15, 0.2) is 8.32 Å². The lowest BCUT2D eigenvalue weighted by Gasteiger charge is -2.36. The third kappa shape index (κ3) is 4.19. The fourth-order valence-corrected chi connectivity index (χ4v) is 2.73. The molecule has 0 aliphatic heterocycles. The van der Waals surface area contributed by atoms with Gasteiger partial charge in [-0.05, 0) is 41.4 Å². The Hall–Kier alpha value is -0.613. The normalized spacial score (nSPS) is 14.2. The molecule has 0 bridgehead atoms. The van der Waals surface area contributed by atoms with Gasteiger partial charge in [0.25, 0.3) is 0 Å². The van der Waals surface area contributed by atoms with Crippen LogP contribution in [-0.4, -0.2) is 13.4 Å². The first-order valence-corrected chi connectivity index (χ1v) is 10.1. The van der Waals surface area contributed by atoms with E-state index in [1.165, 1.54) is 6.08 Å².